The molecule has 0 aromatic rings. The van der Waals surface area contributed by atoms with Crippen molar-refractivity contribution in [2.75, 3.05) is 11.5 Å². The zero-order valence-electron chi connectivity index (χ0n) is 12.1. The van der Waals surface area contributed by atoms with Crippen LogP contribution in [0.15, 0.2) is 0 Å². The van der Waals surface area contributed by atoms with Crippen LogP contribution in [0, 0.1) is 0 Å². The fourth-order valence-corrected chi connectivity index (χ4v) is 3.54. The van der Waals surface area contributed by atoms with Crippen LogP contribution >= 0.6 is 0 Å². The molecule has 0 amide bonds. The highest BCUT2D eigenvalue weighted by Gasteiger charge is 2.07. The Kier molecular flexibility index (Phi) is 10.9. The van der Waals surface area contributed by atoms with Crippen LogP contribution in [0.2, 0.25) is 0 Å². The second-order valence-corrected chi connectivity index (χ2v) is 7.43. The van der Waals surface area contributed by atoms with Crippen molar-refractivity contribution in [3.63, 3.8) is 0 Å². The molecule has 0 atom stereocenters. The molecule has 4 nitrogen and oxygen atoms in total. The molecule has 0 radical (unpaired) electrons. The van der Waals surface area contributed by atoms with Crippen LogP contribution in [-0.2, 0) is 14.6 Å². The first-order valence-electron chi connectivity index (χ1n) is 7.40. The van der Waals surface area contributed by atoms with E-state index in [1.807, 2.05) is 6.92 Å². The predicted molar refractivity (Wildman–Crippen MR) is 78.1 cm³/mol. The van der Waals surface area contributed by atoms with Gasteiger partial charge in [0, 0.05) is 12.2 Å². The molecular weight excluding hydrogens is 264 g/mol. The van der Waals surface area contributed by atoms with Crippen LogP contribution in [0.3, 0.4) is 0 Å². The monoisotopic (exact) mass is 292 g/mol. The average molecular weight is 292 g/mol. The fourth-order valence-electron chi connectivity index (χ4n) is 2.07. The Balaban J connectivity index is 3.25. The van der Waals surface area contributed by atoms with Gasteiger partial charge < -0.3 is 5.11 Å². The van der Waals surface area contributed by atoms with Crippen molar-refractivity contribution < 1.29 is 18.3 Å². The summed E-state index contributed by atoms with van der Waals surface area (Å²) in [6.07, 6.45) is 8.92. The molecule has 0 rings (SSSR count). The molecule has 0 bridgehead atoms. The third kappa shape index (κ3) is 13.6. The summed E-state index contributed by atoms with van der Waals surface area (Å²) in [5.41, 5.74) is 0. The first-order chi connectivity index (χ1) is 8.98. The lowest BCUT2D eigenvalue weighted by Gasteiger charge is -2.03. The summed E-state index contributed by atoms with van der Waals surface area (Å²) in [4.78, 5) is 10.3. The minimum absolute atomic E-state index is 0.273. The summed E-state index contributed by atoms with van der Waals surface area (Å²) < 4.78 is 22.9. The van der Waals surface area contributed by atoms with Crippen LogP contribution in [0.1, 0.15) is 71.1 Å². The molecule has 0 saturated carbocycles. The number of rotatable bonds is 13. The summed E-state index contributed by atoms with van der Waals surface area (Å²) in [5.74, 6) is -0.0657. The fraction of sp³-hybridized carbons (Fsp3) is 0.929. The molecule has 19 heavy (non-hydrogen) atoms. The van der Waals surface area contributed by atoms with E-state index in [0.717, 1.165) is 51.4 Å². The van der Waals surface area contributed by atoms with E-state index in [1.54, 1.807) is 0 Å². The largest absolute Gasteiger partial charge is 0.481 e. The van der Waals surface area contributed by atoms with E-state index in [2.05, 4.69) is 0 Å². The first kappa shape index (κ1) is 18.4. The van der Waals surface area contributed by atoms with Gasteiger partial charge in [0.25, 0.3) is 0 Å². The van der Waals surface area contributed by atoms with E-state index in [4.69, 9.17) is 5.11 Å². The van der Waals surface area contributed by atoms with E-state index < -0.39 is 15.8 Å². The standard InChI is InChI=1S/C14H28O4S/c1-2-12-19(17,18)13-10-8-6-4-3-5-7-9-11-14(15)16/h2-13H2,1H3,(H,15,16). The summed E-state index contributed by atoms with van der Waals surface area (Å²) in [5, 5.41) is 8.47. The van der Waals surface area contributed by atoms with Crippen molar-refractivity contribution in [1.82, 2.24) is 0 Å². The Morgan fingerprint density at radius 2 is 1.32 bits per heavy atom. The zero-order chi connectivity index (χ0) is 14.6. The molecule has 0 heterocycles. The molecule has 0 unspecified atom stereocenters. The third-order valence-corrected chi connectivity index (χ3v) is 5.05. The van der Waals surface area contributed by atoms with Crippen molar-refractivity contribution in [2.45, 2.75) is 71.1 Å². The molecule has 0 spiro atoms. The molecule has 0 aromatic carbocycles. The third-order valence-electron chi connectivity index (χ3n) is 3.11. The minimum Gasteiger partial charge on any atom is -0.481 e. The highest BCUT2D eigenvalue weighted by atomic mass is 32.2. The van der Waals surface area contributed by atoms with E-state index in [0.29, 0.717) is 17.9 Å². The van der Waals surface area contributed by atoms with E-state index >= 15 is 0 Å². The molecule has 0 aliphatic heterocycles. The highest BCUT2D eigenvalue weighted by Crippen LogP contribution is 2.10. The van der Waals surface area contributed by atoms with Gasteiger partial charge in [-0.05, 0) is 19.3 Å². The highest BCUT2D eigenvalue weighted by molar-refractivity contribution is 7.91. The molecule has 0 aliphatic rings. The smallest absolute Gasteiger partial charge is 0.303 e. The Bertz CT molecular complexity index is 322. The second-order valence-electron chi connectivity index (χ2n) is 5.12. The average Bonchev–Trinajstić information content (AvgIpc) is 2.31. The SMILES string of the molecule is CCCS(=O)(=O)CCCCCCCCCCC(=O)O. The lowest BCUT2D eigenvalue weighted by Crippen LogP contribution is -2.10. The quantitative estimate of drug-likeness (QED) is 0.528. The van der Waals surface area contributed by atoms with Crippen LogP contribution in [-0.4, -0.2) is 31.0 Å². The number of hydrogen-bond acceptors (Lipinski definition) is 3. The van der Waals surface area contributed by atoms with Crippen molar-refractivity contribution >= 4 is 15.8 Å². The van der Waals surface area contributed by atoms with Crippen molar-refractivity contribution in [2.24, 2.45) is 0 Å². The van der Waals surface area contributed by atoms with Gasteiger partial charge in [0.1, 0.15) is 9.84 Å². The van der Waals surface area contributed by atoms with Gasteiger partial charge in [-0.15, -0.1) is 0 Å². The van der Waals surface area contributed by atoms with Gasteiger partial charge in [0.05, 0.1) is 5.75 Å². The van der Waals surface area contributed by atoms with Gasteiger partial charge in [-0.3, -0.25) is 4.79 Å². The van der Waals surface area contributed by atoms with Gasteiger partial charge in [-0.1, -0.05) is 45.4 Å². The van der Waals surface area contributed by atoms with Gasteiger partial charge in [0.15, 0.2) is 0 Å². The molecule has 0 aliphatic carbocycles. The maximum Gasteiger partial charge on any atom is 0.303 e. The van der Waals surface area contributed by atoms with Gasteiger partial charge in [-0.2, -0.15) is 0 Å². The topological polar surface area (TPSA) is 71.4 Å². The number of carbonyl (C=O) groups is 1. The Morgan fingerprint density at radius 1 is 0.842 bits per heavy atom. The van der Waals surface area contributed by atoms with Crippen LogP contribution in [0.25, 0.3) is 0 Å². The molecular formula is C14H28O4S. The van der Waals surface area contributed by atoms with Crippen molar-refractivity contribution in [3.8, 4) is 0 Å². The lowest BCUT2D eigenvalue weighted by atomic mass is 10.1. The van der Waals surface area contributed by atoms with Gasteiger partial charge in [-0.25, -0.2) is 8.42 Å². The number of carboxylic acids is 1. The molecule has 1 N–H and O–H groups in total. The Morgan fingerprint density at radius 3 is 1.79 bits per heavy atom. The molecule has 0 aromatic heterocycles. The Labute approximate surface area is 117 Å². The van der Waals surface area contributed by atoms with Gasteiger partial charge >= 0.3 is 5.97 Å². The number of hydrogen-bond donors (Lipinski definition) is 1. The summed E-state index contributed by atoms with van der Waals surface area (Å²) in [6, 6.07) is 0. The lowest BCUT2D eigenvalue weighted by molar-refractivity contribution is -0.137. The second kappa shape index (κ2) is 11.3. The van der Waals surface area contributed by atoms with E-state index in [1.165, 1.54) is 0 Å². The number of aliphatic carboxylic acids is 1. The molecule has 114 valence electrons. The minimum atomic E-state index is -2.80. The first-order valence-corrected chi connectivity index (χ1v) is 9.22. The van der Waals surface area contributed by atoms with Crippen molar-refractivity contribution in [1.29, 1.82) is 0 Å². The van der Waals surface area contributed by atoms with Crippen LogP contribution in [0.4, 0.5) is 0 Å². The summed E-state index contributed by atoms with van der Waals surface area (Å²) in [7, 11) is -2.80. The van der Waals surface area contributed by atoms with Crippen LogP contribution < -0.4 is 0 Å². The number of unbranched alkanes of at least 4 members (excludes halogenated alkanes) is 7. The Hall–Kier alpha value is -0.580. The molecule has 0 saturated heterocycles. The predicted octanol–water partition coefficient (Wildman–Crippen LogP) is 3.41. The molecule has 5 heteroatoms. The maximum absolute atomic E-state index is 11.4. The number of carboxylic acid groups (broad SMARTS) is 1. The van der Waals surface area contributed by atoms with E-state index in [-0.39, 0.29) is 6.42 Å². The van der Waals surface area contributed by atoms with Crippen molar-refractivity contribution in [3.05, 3.63) is 0 Å². The maximum atomic E-state index is 11.4. The normalized spacial score (nSPS) is 11.6. The summed E-state index contributed by atoms with van der Waals surface area (Å²) in [6.45, 7) is 1.89. The van der Waals surface area contributed by atoms with Crippen LogP contribution in [0.5, 0.6) is 0 Å². The summed E-state index contributed by atoms with van der Waals surface area (Å²) >= 11 is 0. The van der Waals surface area contributed by atoms with E-state index in [9.17, 15) is 13.2 Å². The van der Waals surface area contributed by atoms with Gasteiger partial charge in [0.2, 0.25) is 0 Å². The number of sulfone groups is 1. The molecule has 0 fully saturated rings. The zero-order valence-corrected chi connectivity index (χ0v) is 12.9.